The van der Waals surface area contributed by atoms with Crippen LogP contribution in [-0.2, 0) is 0 Å². The second-order valence-electron chi connectivity index (χ2n) is 7.71. The van der Waals surface area contributed by atoms with Crippen molar-refractivity contribution in [3.05, 3.63) is 0 Å². The van der Waals surface area contributed by atoms with Crippen LogP contribution in [0.4, 0.5) is 0 Å². The molecule has 1 saturated heterocycles. The van der Waals surface area contributed by atoms with Crippen LogP contribution in [0.3, 0.4) is 0 Å². The van der Waals surface area contributed by atoms with Gasteiger partial charge in [-0.1, -0.05) is 39.0 Å². The third kappa shape index (κ3) is 3.52. The Bertz CT molecular complexity index is 277. The molecule has 2 aliphatic carbocycles. The van der Waals surface area contributed by atoms with Gasteiger partial charge in [0.15, 0.2) is 0 Å². The van der Waals surface area contributed by atoms with Crippen molar-refractivity contribution in [2.45, 2.75) is 70.8 Å². The average Bonchev–Trinajstić information content (AvgIpc) is 2.86. The molecule has 3 fully saturated rings. The zero-order valence-electron chi connectivity index (χ0n) is 12.8. The van der Waals surface area contributed by atoms with E-state index in [1.165, 1.54) is 84.0 Å². The maximum atomic E-state index is 3.81. The van der Waals surface area contributed by atoms with E-state index >= 15 is 0 Å². The highest BCUT2D eigenvalue weighted by Crippen LogP contribution is 2.38. The maximum Gasteiger partial charge on any atom is 0.0223 e. The molecule has 0 aromatic rings. The zero-order valence-corrected chi connectivity index (χ0v) is 12.8. The van der Waals surface area contributed by atoms with Gasteiger partial charge in [-0.05, 0) is 37.0 Å². The lowest BCUT2D eigenvalue weighted by Gasteiger charge is -2.42. The van der Waals surface area contributed by atoms with Gasteiger partial charge in [0.2, 0.25) is 0 Å². The fourth-order valence-electron chi connectivity index (χ4n) is 4.76. The van der Waals surface area contributed by atoms with E-state index in [4.69, 9.17) is 0 Å². The van der Waals surface area contributed by atoms with Gasteiger partial charge in [-0.25, -0.2) is 0 Å². The maximum absolute atomic E-state index is 3.81. The summed E-state index contributed by atoms with van der Waals surface area (Å²) in [4.78, 5) is 2.78. The SMILES string of the molecule is CC1(CN2CCNC(C3CCCCC3)C2)CCCC1. The smallest absolute Gasteiger partial charge is 0.0223 e. The quantitative estimate of drug-likeness (QED) is 0.840. The minimum Gasteiger partial charge on any atom is -0.311 e. The van der Waals surface area contributed by atoms with E-state index in [0.717, 1.165) is 12.0 Å². The predicted octanol–water partition coefficient (Wildman–Crippen LogP) is 3.42. The Balaban J connectivity index is 1.52. The molecule has 0 radical (unpaired) electrons. The zero-order chi connectivity index (χ0) is 13.1. The third-order valence-corrected chi connectivity index (χ3v) is 5.92. The summed E-state index contributed by atoms with van der Waals surface area (Å²) in [5.74, 6) is 0.966. The highest BCUT2D eigenvalue weighted by molar-refractivity contribution is 4.90. The first kappa shape index (κ1) is 13.9. The molecule has 19 heavy (non-hydrogen) atoms. The van der Waals surface area contributed by atoms with Crippen LogP contribution in [0.25, 0.3) is 0 Å². The molecule has 3 aliphatic rings. The molecule has 1 N–H and O–H groups in total. The lowest BCUT2D eigenvalue weighted by Crippen LogP contribution is -2.55. The van der Waals surface area contributed by atoms with Gasteiger partial charge >= 0.3 is 0 Å². The van der Waals surface area contributed by atoms with Crippen LogP contribution in [0.5, 0.6) is 0 Å². The van der Waals surface area contributed by atoms with Crippen LogP contribution < -0.4 is 5.32 Å². The second-order valence-corrected chi connectivity index (χ2v) is 7.71. The molecule has 0 spiro atoms. The summed E-state index contributed by atoms with van der Waals surface area (Å²) >= 11 is 0. The Kier molecular flexibility index (Phi) is 4.48. The number of hydrogen-bond donors (Lipinski definition) is 1. The van der Waals surface area contributed by atoms with Crippen molar-refractivity contribution in [2.75, 3.05) is 26.2 Å². The number of hydrogen-bond acceptors (Lipinski definition) is 2. The Morgan fingerprint density at radius 2 is 1.79 bits per heavy atom. The normalized spacial score (nSPS) is 33.6. The van der Waals surface area contributed by atoms with E-state index in [2.05, 4.69) is 17.1 Å². The number of rotatable bonds is 3. The summed E-state index contributed by atoms with van der Waals surface area (Å²) in [5, 5.41) is 3.81. The molecular weight excluding hydrogens is 232 g/mol. The average molecular weight is 264 g/mol. The molecule has 1 heterocycles. The molecule has 0 amide bonds. The first-order chi connectivity index (χ1) is 9.25. The van der Waals surface area contributed by atoms with Crippen LogP contribution in [0, 0.1) is 11.3 Å². The third-order valence-electron chi connectivity index (χ3n) is 5.92. The Labute approximate surface area is 119 Å². The fourth-order valence-corrected chi connectivity index (χ4v) is 4.76. The Morgan fingerprint density at radius 3 is 2.53 bits per heavy atom. The summed E-state index contributed by atoms with van der Waals surface area (Å²) in [6.45, 7) is 7.70. The standard InChI is InChI=1S/C17H32N2/c1-17(9-5-6-10-17)14-19-12-11-18-16(13-19)15-7-3-2-4-8-15/h15-16,18H,2-14H2,1H3. The number of nitrogens with zero attached hydrogens (tertiary/aromatic N) is 1. The summed E-state index contributed by atoms with van der Waals surface area (Å²) < 4.78 is 0. The van der Waals surface area contributed by atoms with Gasteiger partial charge in [-0.3, -0.25) is 4.90 Å². The topological polar surface area (TPSA) is 15.3 Å². The molecule has 3 rings (SSSR count). The largest absolute Gasteiger partial charge is 0.311 e. The summed E-state index contributed by atoms with van der Waals surface area (Å²) in [7, 11) is 0. The summed E-state index contributed by atoms with van der Waals surface area (Å²) in [6.07, 6.45) is 13.2. The van der Waals surface area contributed by atoms with Gasteiger partial charge < -0.3 is 5.32 Å². The second kappa shape index (κ2) is 6.13. The molecule has 1 unspecified atom stereocenters. The molecule has 1 atom stereocenters. The van der Waals surface area contributed by atoms with Gasteiger partial charge in [0.25, 0.3) is 0 Å². The lowest BCUT2D eigenvalue weighted by molar-refractivity contribution is 0.103. The van der Waals surface area contributed by atoms with Crippen molar-refractivity contribution >= 4 is 0 Å². The van der Waals surface area contributed by atoms with Gasteiger partial charge in [0, 0.05) is 32.2 Å². The van der Waals surface area contributed by atoms with Crippen LogP contribution in [0.15, 0.2) is 0 Å². The predicted molar refractivity (Wildman–Crippen MR) is 81.4 cm³/mol. The first-order valence-corrected chi connectivity index (χ1v) is 8.71. The van der Waals surface area contributed by atoms with Gasteiger partial charge in [0.1, 0.15) is 0 Å². The van der Waals surface area contributed by atoms with Crippen molar-refractivity contribution in [1.29, 1.82) is 0 Å². The highest BCUT2D eigenvalue weighted by Gasteiger charge is 2.34. The summed E-state index contributed by atoms with van der Waals surface area (Å²) in [6, 6.07) is 0.791. The molecule has 110 valence electrons. The molecule has 1 aliphatic heterocycles. The molecular formula is C17H32N2. The molecule has 0 aromatic carbocycles. The van der Waals surface area contributed by atoms with Crippen molar-refractivity contribution in [2.24, 2.45) is 11.3 Å². The van der Waals surface area contributed by atoms with E-state index < -0.39 is 0 Å². The molecule has 0 bridgehead atoms. The summed E-state index contributed by atoms with van der Waals surface area (Å²) in [5.41, 5.74) is 0.633. The minimum absolute atomic E-state index is 0.633. The van der Waals surface area contributed by atoms with Crippen LogP contribution in [0.2, 0.25) is 0 Å². The van der Waals surface area contributed by atoms with E-state index in [-0.39, 0.29) is 0 Å². The van der Waals surface area contributed by atoms with Crippen molar-refractivity contribution in [3.8, 4) is 0 Å². The lowest BCUT2D eigenvalue weighted by atomic mass is 9.82. The van der Waals surface area contributed by atoms with Gasteiger partial charge in [-0.2, -0.15) is 0 Å². The van der Waals surface area contributed by atoms with Gasteiger partial charge in [0.05, 0.1) is 0 Å². The monoisotopic (exact) mass is 264 g/mol. The van der Waals surface area contributed by atoms with Gasteiger partial charge in [-0.15, -0.1) is 0 Å². The first-order valence-electron chi connectivity index (χ1n) is 8.71. The minimum atomic E-state index is 0.633. The highest BCUT2D eigenvalue weighted by atomic mass is 15.2. The molecule has 2 nitrogen and oxygen atoms in total. The molecule has 2 saturated carbocycles. The van der Waals surface area contributed by atoms with E-state index in [1.54, 1.807) is 0 Å². The molecule has 0 aromatic heterocycles. The fraction of sp³-hybridized carbons (Fsp3) is 1.00. The van der Waals surface area contributed by atoms with E-state index in [0.29, 0.717) is 5.41 Å². The van der Waals surface area contributed by atoms with Crippen LogP contribution >= 0.6 is 0 Å². The number of piperazine rings is 1. The van der Waals surface area contributed by atoms with Crippen LogP contribution in [-0.4, -0.2) is 37.1 Å². The van der Waals surface area contributed by atoms with Crippen LogP contribution in [0.1, 0.15) is 64.7 Å². The van der Waals surface area contributed by atoms with Crippen molar-refractivity contribution < 1.29 is 0 Å². The van der Waals surface area contributed by atoms with Crippen molar-refractivity contribution in [1.82, 2.24) is 10.2 Å². The number of nitrogens with one attached hydrogen (secondary N) is 1. The molecule has 2 heteroatoms. The van der Waals surface area contributed by atoms with E-state index in [1.807, 2.05) is 0 Å². The Morgan fingerprint density at radius 1 is 1.05 bits per heavy atom. The van der Waals surface area contributed by atoms with Crippen molar-refractivity contribution in [3.63, 3.8) is 0 Å². The Hall–Kier alpha value is -0.0800. The van der Waals surface area contributed by atoms with E-state index in [9.17, 15) is 0 Å².